The van der Waals surface area contributed by atoms with Crippen molar-refractivity contribution in [1.29, 1.82) is 0 Å². The summed E-state index contributed by atoms with van der Waals surface area (Å²) >= 11 is 0. The summed E-state index contributed by atoms with van der Waals surface area (Å²) in [7, 11) is 0. The molecule has 0 heterocycles. The molecule has 3 N–H and O–H groups in total. The van der Waals surface area contributed by atoms with Gasteiger partial charge in [-0.15, -0.1) is 0 Å². The number of amides is 1. The second kappa shape index (κ2) is 5.17. The number of carbonyl (C=O) groups excluding carboxylic acids is 1. The van der Waals surface area contributed by atoms with Gasteiger partial charge in [0.1, 0.15) is 0 Å². The zero-order valence-electron chi connectivity index (χ0n) is 11.0. The van der Waals surface area contributed by atoms with Gasteiger partial charge in [0, 0.05) is 12.6 Å². The minimum atomic E-state index is -0.263. The number of nitrogens with two attached hydrogens (primary N) is 1. The Morgan fingerprint density at radius 3 is 2.44 bits per heavy atom. The molecule has 0 spiro atoms. The first-order chi connectivity index (χ1) is 7.45. The minimum absolute atomic E-state index is 0.168. The smallest absolute Gasteiger partial charge is 0.227 e. The molecule has 0 aromatic rings. The predicted molar refractivity (Wildman–Crippen MR) is 66.9 cm³/mol. The molecular weight excluding hydrogens is 200 g/mol. The number of hydrogen-bond donors (Lipinski definition) is 2. The monoisotopic (exact) mass is 226 g/mol. The molecule has 2 atom stereocenters. The Morgan fingerprint density at radius 1 is 1.50 bits per heavy atom. The molecule has 3 nitrogen and oxygen atoms in total. The third kappa shape index (κ3) is 2.57. The molecule has 0 aromatic carbocycles. The molecule has 0 bridgehead atoms. The van der Waals surface area contributed by atoms with Crippen molar-refractivity contribution in [2.24, 2.45) is 23.0 Å². The number of carbonyl (C=O) groups is 1. The van der Waals surface area contributed by atoms with Gasteiger partial charge in [0.2, 0.25) is 5.91 Å². The van der Waals surface area contributed by atoms with E-state index in [9.17, 15) is 4.79 Å². The van der Waals surface area contributed by atoms with Crippen molar-refractivity contribution in [3.63, 3.8) is 0 Å². The highest BCUT2D eigenvalue weighted by Gasteiger charge is 2.47. The number of hydrogen-bond acceptors (Lipinski definition) is 2. The maximum atomic E-state index is 12.2. The van der Waals surface area contributed by atoms with E-state index in [2.05, 4.69) is 33.0 Å². The van der Waals surface area contributed by atoms with Gasteiger partial charge in [-0.1, -0.05) is 27.2 Å². The van der Waals surface area contributed by atoms with Gasteiger partial charge in [-0.25, -0.2) is 0 Å². The first kappa shape index (κ1) is 13.5. The van der Waals surface area contributed by atoms with Crippen molar-refractivity contribution in [2.45, 2.75) is 53.0 Å². The molecule has 3 heteroatoms. The lowest BCUT2D eigenvalue weighted by molar-refractivity contribution is -0.139. The van der Waals surface area contributed by atoms with Crippen molar-refractivity contribution >= 4 is 5.91 Å². The zero-order chi connectivity index (χ0) is 12.3. The Balaban J connectivity index is 2.51. The van der Waals surface area contributed by atoms with Crippen LogP contribution in [0.15, 0.2) is 0 Å². The standard InChI is InChI=1S/C13H26N2O/c1-5-10(3)11(4)15-12(16)13(8-14)6-9(2)7-13/h9-11H,5-8,14H2,1-4H3,(H,15,16). The first-order valence-electron chi connectivity index (χ1n) is 6.46. The normalized spacial score (nSPS) is 32.7. The van der Waals surface area contributed by atoms with Crippen LogP contribution < -0.4 is 11.1 Å². The van der Waals surface area contributed by atoms with Crippen molar-refractivity contribution in [1.82, 2.24) is 5.32 Å². The Kier molecular flexibility index (Phi) is 4.36. The van der Waals surface area contributed by atoms with Crippen LogP contribution in [0.1, 0.15) is 47.0 Å². The molecular formula is C13H26N2O. The molecule has 16 heavy (non-hydrogen) atoms. The molecule has 1 aliphatic rings. The third-order valence-corrected chi connectivity index (χ3v) is 4.21. The topological polar surface area (TPSA) is 55.1 Å². The zero-order valence-corrected chi connectivity index (χ0v) is 11.0. The van der Waals surface area contributed by atoms with E-state index in [0.717, 1.165) is 19.3 Å². The molecule has 1 rings (SSSR count). The van der Waals surface area contributed by atoms with E-state index >= 15 is 0 Å². The van der Waals surface area contributed by atoms with E-state index in [0.29, 0.717) is 18.4 Å². The van der Waals surface area contributed by atoms with Crippen LogP contribution in [0.2, 0.25) is 0 Å². The van der Waals surface area contributed by atoms with Crippen LogP contribution >= 0.6 is 0 Å². The Labute approximate surface area is 99.2 Å². The van der Waals surface area contributed by atoms with E-state index in [-0.39, 0.29) is 17.4 Å². The van der Waals surface area contributed by atoms with Crippen molar-refractivity contribution in [2.75, 3.05) is 6.54 Å². The van der Waals surface area contributed by atoms with Gasteiger partial charge in [-0.2, -0.15) is 0 Å². The van der Waals surface area contributed by atoms with Crippen molar-refractivity contribution < 1.29 is 4.79 Å². The quantitative estimate of drug-likeness (QED) is 0.752. The molecule has 0 radical (unpaired) electrons. The fourth-order valence-electron chi connectivity index (χ4n) is 2.57. The molecule has 94 valence electrons. The Morgan fingerprint density at radius 2 is 2.06 bits per heavy atom. The summed E-state index contributed by atoms with van der Waals surface area (Å²) in [6.07, 6.45) is 2.98. The summed E-state index contributed by atoms with van der Waals surface area (Å²) < 4.78 is 0. The van der Waals surface area contributed by atoms with Gasteiger partial charge < -0.3 is 11.1 Å². The van der Waals surface area contributed by atoms with Gasteiger partial charge in [-0.3, -0.25) is 4.79 Å². The summed E-state index contributed by atoms with van der Waals surface area (Å²) in [6.45, 7) is 9.06. The van der Waals surface area contributed by atoms with Crippen LogP contribution in [-0.4, -0.2) is 18.5 Å². The Hall–Kier alpha value is -0.570. The molecule has 1 aliphatic carbocycles. The molecule has 0 aliphatic heterocycles. The molecule has 0 aromatic heterocycles. The van der Waals surface area contributed by atoms with Crippen LogP contribution in [0.4, 0.5) is 0 Å². The van der Waals surface area contributed by atoms with E-state index in [1.807, 2.05) is 0 Å². The second-order valence-corrected chi connectivity index (χ2v) is 5.65. The second-order valence-electron chi connectivity index (χ2n) is 5.65. The van der Waals surface area contributed by atoms with Crippen LogP contribution in [-0.2, 0) is 4.79 Å². The van der Waals surface area contributed by atoms with Gasteiger partial charge in [-0.05, 0) is 31.6 Å². The summed E-state index contributed by atoms with van der Waals surface area (Å²) in [5.41, 5.74) is 5.49. The van der Waals surface area contributed by atoms with E-state index in [4.69, 9.17) is 5.73 Å². The molecule has 1 amide bonds. The average molecular weight is 226 g/mol. The van der Waals surface area contributed by atoms with Gasteiger partial charge in [0.15, 0.2) is 0 Å². The van der Waals surface area contributed by atoms with Gasteiger partial charge in [0.05, 0.1) is 5.41 Å². The first-order valence-corrected chi connectivity index (χ1v) is 6.46. The van der Waals surface area contributed by atoms with Crippen molar-refractivity contribution in [3.05, 3.63) is 0 Å². The van der Waals surface area contributed by atoms with Gasteiger partial charge in [0.25, 0.3) is 0 Å². The lowest BCUT2D eigenvalue weighted by Crippen LogP contribution is -2.55. The highest BCUT2D eigenvalue weighted by molar-refractivity contribution is 5.84. The van der Waals surface area contributed by atoms with E-state index in [1.54, 1.807) is 0 Å². The maximum absolute atomic E-state index is 12.2. The average Bonchev–Trinajstić information content (AvgIpc) is 2.22. The predicted octanol–water partition coefficient (Wildman–Crippen LogP) is 1.91. The molecule has 1 fully saturated rings. The summed E-state index contributed by atoms with van der Waals surface area (Å²) in [6, 6.07) is 0.247. The Bertz CT molecular complexity index is 246. The van der Waals surface area contributed by atoms with Crippen LogP contribution in [0.25, 0.3) is 0 Å². The van der Waals surface area contributed by atoms with Crippen LogP contribution in [0.5, 0.6) is 0 Å². The number of nitrogens with one attached hydrogen (secondary N) is 1. The van der Waals surface area contributed by atoms with Crippen LogP contribution in [0.3, 0.4) is 0 Å². The SMILES string of the molecule is CCC(C)C(C)NC(=O)C1(CN)CC(C)C1. The lowest BCUT2D eigenvalue weighted by Gasteiger charge is -2.45. The molecule has 1 saturated carbocycles. The third-order valence-electron chi connectivity index (χ3n) is 4.21. The van der Waals surface area contributed by atoms with E-state index < -0.39 is 0 Å². The fourth-order valence-corrected chi connectivity index (χ4v) is 2.57. The largest absolute Gasteiger partial charge is 0.353 e. The summed E-state index contributed by atoms with van der Waals surface area (Å²) in [5.74, 6) is 1.34. The molecule has 2 unspecified atom stereocenters. The lowest BCUT2D eigenvalue weighted by atomic mass is 9.62. The summed E-state index contributed by atoms with van der Waals surface area (Å²) in [4.78, 5) is 12.2. The highest BCUT2D eigenvalue weighted by atomic mass is 16.2. The maximum Gasteiger partial charge on any atom is 0.227 e. The fraction of sp³-hybridized carbons (Fsp3) is 0.923. The van der Waals surface area contributed by atoms with Crippen LogP contribution in [0, 0.1) is 17.3 Å². The van der Waals surface area contributed by atoms with Gasteiger partial charge >= 0.3 is 0 Å². The summed E-state index contributed by atoms with van der Waals surface area (Å²) in [5, 5.41) is 3.13. The number of rotatable bonds is 5. The van der Waals surface area contributed by atoms with E-state index in [1.165, 1.54) is 0 Å². The van der Waals surface area contributed by atoms with Crippen molar-refractivity contribution in [3.8, 4) is 0 Å². The minimum Gasteiger partial charge on any atom is -0.353 e. The molecule has 0 saturated heterocycles. The highest BCUT2D eigenvalue weighted by Crippen LogP contribution is 2.44.